The van der Waals surface area contributed by atoms with Crippen molar-refractivity contribution in [3.8, 4) is 11.6 Å². The fraction of sp³-hybridized carbons (Fsp3) is 0.0625. The standard InChI is InChI=1S/C16H13ClN2O/c17-12-4-3-5-13(9-12)20-16-8-11(10-18)14-6-1-2-7-15(14)19-16/h1-9H,10,18H2. The van der Waals surface area contributed by atoms with E-state index in [9.17, 15) is 0 Å². The number of hydrogen-bond donors (Lipinski definition) is 1. The molecule has 1 heterocycles. The lowest BCUT2D eigenvalue weighted by Gasteiger charge is -2.09. The number of nitrogens with two attached hydrogens (primary N) is 1. The van der Waals surface area contributed by atoms with Gasteiger partial charge in [-0.05, 0) is 29.8 Å². The number of aromatic nitrogens is 1. The first-order valence-electron chi connectivity index (χ1n) is 6.28. The van der Waals surface area contributed by atoms with Crippen molar-refractivity contribution in [2.24, 2.45) is 5.73 Å². The third kappa shape index (κ3) is 2.59. The van der Waals surface area contributed by atoms with Gasteiger partial charge < -0.3 is 10.5 Å². The first kappa shape index (κ1) is 12.9. The van der Waals surface area contributed by atoms with Gasteiger partial charge in [0.15, 0.2) is 0 Å². The minimum atomic E-state index is 0.439. The van der Waals surface area contributed by atoms with Crippen LogP contribution in [0.15, 0.2) is 54.6 Å². The number of ether oxygens (including phenoxy) is 1. The summed E-state index contributed by atoms with van der Waals surface area (Å²) in [5, 5.41) is 1.68. The Balaban J connectivity index is 2.03. The van der Waals surface area contributed by atoms with Gasteiger partial charge in [0.25, 0.3) is 0 Å². The second-order valence-electron chi connectivity index (χ2n) is 4.40. The molecular formula is C16H13ClN2O. The van der Waals surface area contributed by atoms with Crippen molar-refractivity contribution >= 4 is 22.5 Å². The molecule has 0 bridgehead atoms. The molecule has 0 atom stereocenters. The summed E-state index contributed by atoms with van der Waals surface area (Å²) in [6, 6.07) is 17.0. The van der Waals surface area contributed by atoms with Crippen LogP contribution in [0.4, 0.5) is 0 Å². The highest BCUT2D eigenvalue weighted by molar-refractivity contribution is 6.30. The zero-order valence-electron chi connectivity index (χ0n) is 10.7. The van der Waals surface area contributed by atoms with Gasteiger partial charge in [0, 0.05) is 23.0 Å². The van der Waals surface area contributed by atoms with Crippen molar-refractivity contribution in [3.05, 3.63) is 65.2 Å². The molecule has 0 saturated heterocycles. The summed E-state index contributed by atoms with van der Waals surface area (Å²) >= 11 is 5.94. The molecule has 0 radical (unpaired) electrons. The monoisotopic (exact) mass is 284 g/mol. The molecule has 0 amide bonds. The maximum Gasteiger partial charge on any atom is 0.220 e. The minimum Gasteiger partial charge on any atom is -0.439 e. The molecule has 3 aromatic rings. The number of para-hydroxylation sites is 1. The number of fused-ring (bicyclic) bond motifs is 1. The molecule has 1 aromatic heterocycles. The minimum absolute atomic E-state index is 0.439. The Morgan fingerprint density at radius 2 is 1.90 bits per heavy atom. The quantitative estimate of drug-likeness (QED) is 0.786. The number of rotatable bonds is 3. The van der Waals surface area contributed by atoms with E-state index in [4.69, 9.17) is 22.1 Å². The van der Waals surface area contributed by atoms with E-state index in [1.54, 1.807) is 12.1 Å². The third-order valence-corrected chi connectivity index (χ3v) is 3.25. The topological polar surface area (TPSA) is 48.1 Å². The SMILES string of the molecule is NCc1cc(Oc2cccc(Cl)c2)nc2ccccc12. The van der Waals surface area contributed by atoms with Crippen molar-refractivity contribution < 1.29 is 4.74 Å². The van der Waals surface area contributed by atoms with Crippen molar-refractivity contribution in [1.29, 1.82) is 0 Å². The molecule has 0 aliphatic carbocycles. The first-order valence-corrected chi connectivity index (χ1v) is 6.66. The van der Waals surface area contributed by atoms with Crippen LogP contribution in [-0.2, 0) is 6.54 Å². The molecule has 2 aromatic carbocycles. The summed E-state index contributed by atoms with van der Waals surface area (Å²) in [7, 11) is 0. The molecule has 0 unspecified atom stereocenters. The van der Waals surface area contributed by atoms with Gasteiger partial charge in [0.1, 0.15) is 5.75 Å². The normalized spacial score (nSPS) is 10.7. The Hall–Kier alpha value is -2.10. The van der Waals surface area contributed by atoms with E-state index in [1.165, 1.54) is 0 Å². The summed E-state index contributed by atoms with van der Waals surface area (Å²) in [5.74, 6) is 1.18. The fourth-order valence-electron chi connectivity index (χ4n) is 2.09. The lowest BCUT2D eigenvalue weighted by atomic mass is 10.1. The van der Waals surface area contributed by atoms with E-state index in [0.717, 1.165) is 16.5 Å². The van der Waals surface area contributed by atoms with Gasteiger partial charge in [-0.1, -0.05) is 35.9 Å². The van der Waals surface area contributed by atoms with Crippen LogP contribution in [0.3, 0.4) is 0 Å². The van der Waals surface area contributed by atoms with Gasteiger partial charge in [-0.15, -0.1) is 0 Å². The Labute approximate surface area is 122 Å². The van der Waals surface area contributed by atoms with Crippen LogP contribution in [0.2, 0.25) is 5.02 Å². The Kier molecular flexibility index (Phi) is 3.54. The Bertz CT molecular complexity index is 758. The van der Waals surface area contributed by atoms with E-state index in [-0.39, 0.29) is 0 Å². The summed E-state index contributed by atoms with van der Waals surface area (Å²) in [4.78, 5) is 4.49. The van der Waals surface area contributed by atoms with Gasteiger partial charge in [-0.25, -0.2) is 4.98 Å². The van der Waals surface area contributed by atoms with Crippen LogP contribution in [0.25, 0.3) is 10.9 Å². The van der Waals surface area contributed by atoms with Crippen molar-refractivity contribution in [2.45, 2.75) is 6.54 Å². The Morgan fingerprint density at radius 3 is 2.70 bits per heavy atom. The lowest BCUT2D eigenvalue weighted by Crippen LogP contribution is -1.99. The fourth-order valence-corrected chi connectivity index (χ4v) is 2.27. The molecule has 0 fully saturated rings. The van der Waals surface area contributed by atoms with Gasteiger partial charge >= 0.3 is 0 Å². The predicted molar refractivity (Wildman–Crippen MR) is 81.2 cm³/mol. The first-order chi connectivity index (χ1) is 9.76. The summed E-state index contributed by atoms with van der Waals surface area (Å²) in [6.07, 6.45) is 0. The molecule has 2 N–H and O–H groups in total. The molecule has 3 rings (SSSR count). The maximum atomic E-state index is 5.94. The van der Waals surface area contributed by atoms with Crippen LogP contribution < -0.4 is 10.5 Å². The third-order valence-electron chi connectivity index (χ3n) is 3.02. The highest BCUT2D eigenvalue weighted by Gasteiger charge is 2.06. The highest BCUT2D eigenvalue weighted by Crippen LogP contribution is 2.26. The van der Waals surface area contributed by atoms with Gasteiger partial charge in [0.05, 0.1) is 5.52 Å². The maximum absolute atomic E-state index is 5.94. The van der Waals surface area contributed by atoms with Crippen LogP contribution in [0, 0.1) is 0 Å². The molecule has 3 nitrogen and oxygen atoms in total. The van der Waals surface area contributed by atoms with E-state index in [0.29, 0.717) is 23.2 Å². The molecule has 0 aliphatic heterocycles. The molecule has 100 valence electrons. The summed E-state index contributed by atoms with van der Waals surface area (Å²) in [5.41, 5.74) is 7.67. The van der Waals surface area contributed by atoms with E-state index >= 15 is 0 Å². The molecule has 0 spiro atoms. The van der Waals surface area contributed by atoms with Crippen LogP contribution in [0.5, 0.6) is 11.6 Å². The second kappa shape index (κ2) is 5.49. The number of pyridine rings is 1. The second-order valence-corrected chi connectivity index (χ2v) is 4.84. The number of hydrogen-bond acceptors (Lipinski definition) is 3. The average molecular weight is 285 g/mol. The lowest BCUT2D eigenvalue weighted by molar-refractivity contribution is 0.464. The van der Waals surface area contributed by atoms with Crippen molar-refractivity contribution in [1.82, 2.24) is 4.98 Å². The van der Waals surface area contributed by atoms with Crippen molar-refractivity contribution in [3.63, 3.8) is 0 Å². The highest BCUT2D eigenvalue weighted by atomic mass is 35.5. The largest absolute Gasteiger partial charge is 0.439 e. The number of halogens is 1. The Morgan fingerprint density at radius 1 is 1.05 bits per heavy atom. The zero-order valence-corrected chi connectivity index (χ0v) is 11.5. The van der Waals surface area contributed by atoms with Crippen molar-refractivity contribution in [2.75, 3.05) is 0 Å². The van der Waals surface area contributed by atoms with Gasteiger partial charge in [0.2, 0.25) is 5.88 Å². The molecule has 20 heavy (non-hydrogen) atoms. The molecule has 0 aliphatic rings. The van der Waals surface area contributed by atoms with Crippen LogP contribution in [-0.4, -0.2) is 4.98 Å². The summed E-state index contributed by atoms with van der Waals surface area (Å²) in [6.45, 7) is 0.439. The number of nitrogens with zero attached hydrogens (tertiary/aromatic N) is 1. The van der Waals surface area contributed by atoms with E-state index in [1.807, 2.05) is 42.5 Å². The smallest absolute Gasteiger partial charge is 0.220 e. The number of benzene rings is 2. The average Bonchev–Trinajstić information content (AvgIpc) is 2.46. The predicted octanol–water partition coefficient (Wildman–Crippen LogP) is 4.14. The molecular weight excluding hydrogens is 272 g/mol. The van der Waals surface area contributed by atoms with E-state index in [2.05, 4.69) is 4.98 Å². The van der Waals surface area contributed by atoms with Crippen LogP contribution in [0.1, 0.15) is 5.56 Å². The van der Waals surface area contributed by atoms with Gasteiger partial charge in [-0.3, -0.25) is 0 Å². The van der Waals surface area contributed by atoms with E-state index < -0.39 is 0 Å². The van der Waals surface area contributed by atoms with Gasteiger partial charge in [-0.2, -0.15) is 0 Å². The van der Waals surface area contributed by atoms with Crippen LogP contribution >= 0.6 is 11.6 Å². The molecule has 0 saturated carbocycles. The zero-order chi connectivity index (χ0) is 13.9. The molecule has 4 heteroatoms. The summed E-state index contributed by atoms with van der Waals surface area (Å²) < 4.78 is 5.76.